The molecule has 0 unspecified atom stereocenters. The van der Waals surface area contributed by atoms with E-state index in [0.29, 0.717) is 17.9 Å². The summed E-state index contributed by atoms with van der Waals surface area (Å²) >= 11 is 0. The molecule has 0 spiro atoms. The van der Waals surface area contributed by atoms with Crippen LogP contribution in [0.25, 0.3) is 0 Å². The third-order valence-electron chi connectivity index (χ3n) is 5.08. The van der Waals surface area contributed by atoms with E-state index in [2.05, 4.69) is 22.1 Å². The first-order valence-corrected chi connectivity index (χ1v) is 8.35. The molecule has 1 aromatic rings. The Morgan fingerprint density at radius 2 is 2.10 bits per heavy atom. The Balaban J connectivity index is 1.53. The van der Waals surface area contributed by atoms with Crippen molar-refractivity contribution in [3.8, 4) is 0 Å². The van der Waals surface area contributed by atoms with E-state index in [1.807, 2.05) is 0 Å². The van der Waals surface area contributed by atoms with Gasteiger partial charge in [-0.25, -0.2) is 9.37 Å². The van der Waals surface area contributed by atoms with E-state index in [1.165, 1.54) is 38.2 Å². The lowest BCUT2D eigenvalue weighted by atomic mass is 9.84. The van der Waals surface area contributed by atoms with Crippen molar-refractivity contribution >= 4 is 5.82 Å². The molecule has 1 saturated carbocycles. The molecule has 1 aliphatic heterocycles. The van der Waals surface area contributed by atoms with Crippen molar-refractivity contribution in [3.63, 3.8) is 0 Å². The van der Waals surface area contributed by atoms with E-state index in [4.69, 9.17) is 0 Å². The summed E-state index contributed by atoms with van der Waals surface area (Å²) in [4.78, 5) is 6.26. The number of aromatic nitrogens is 1. The maximum absolute atomic E-state index is 13.8. The third-order valence-corrected chi connectivity index (χ3v) is 5.08. The lowest BCUT2D eigenvalue weighted by Gasteiger charge is -2.30. The quantitative estimate of drug-likeness (QED) is 0.922. The van der Waals surface area contributed by atoms with Gasteiger partial charge in [0, 0.05) is 31.4 Å². The minimum atomic E-state index is -0.210. The molecule has 2 atom stereocenters. The highest BCUT2D eigenvalue weighted by atomic mass is 19.1. The van der Waals surface area contributed by atoms with Gasteiger partial charge >= 0.3 is 0 Å². The van der Waals surface area contributed by atoms with Gasteiger partial charge < -0.3 is 10.2 Å². The molecule has 2 aliphatic rings. The third kappa shape index (κ3) is 3.54. The van der Waals surface area contributed by atoms with E-state index in [9.17, 15) is 4.39 Å². The molecular weight excluding hydrogens is 265 g/mol. The average Bonchev–Trinajstić information content (AvgIpc) is 2.97. The number of rotatable bonds is 4. The van der Waals surface area contributed by atoms with E-state index < -0.39 is 0 Å². The van der Waals surface area contributed by atoms with Gasteiger partial charge in [-0.3, -0.25) is 0 Å². The molecule has 0 aromatic carbocycles. The summed E-state index contributed by atoms with van der Waals surface area (Å²) in [5, 5.41) is 3.78. The van der Waals surface area contributed by atoms with Crippen LogP contribution in [0.1, 0.15) is 45.4 Å². The van der Waals surface area contributed by atoms with Crippen molar-refractivity contribution in [1.82, 2.24) is 10.3 Å². The highest BCUT2D eigenvalue weighted by molar-refractivity contribution is 5.41. The van der Waals surface area contributed by atoms with E-state index >= 15 is 0 Å². The van der Waals surface area contributed by atoms with Crippen LogP contribution in [0, 0.1) is 11.7 Å². The predicted molar refractivity (Wildman–Crippen MR) is 84.0 cm³/mol. The fraction of sp³-hybridized carbons (Fsp3) is 0.706. The molecule has 1 aliphatic carbocycles. The van der Waals surface area contributed by atoms with Crippen LogP contribution in [0.2, 0.25) is 0 Å². The lowest BCUT2D eigenvalue weighted by molar-refractivity contribution is 0.267. The normalized spacial score (nSPS) is 25.2. The molecule has 1 N–H and O–H groups in total. The number of nitrogens with one attached hydrogen (secondary N) is 1. The zero-order chi connectivity index (χ0) is 14.7. The van der Waals surface area contributed by atoms with Gasteiger partial charge in [-0.15, -0.1) is 0 Å². The van der Waals surface area contributed by atoms with E-state index in [0.717, 1.165) is 25.4 Å². The summed E-state index contributed by atoms with van der Waals surface area (Å²) in [5.41, 5.74) is 0. The number of anilines is 1. The van der Waals surface area contributed by atoms with Gasteiger partial charge in [0.1, 0.15) is 0 Å². The SMILES string of the molecule is C[C@H](N[C@@H]1CCN(c2ncccc2F)C1)C1CCCCC1. The Kier molecular flexibility index (Phi) is 4.73. The minimum Gasteiger partial charge on any atom is -0.353 e. The maximum Gasteiger partial charge on any atom is 0.165 e. The van der Waals surface area contributed by atoms with Crippen LogP contribution in [-0.2, 0) is 0 Å². The molecule has 1 aromatic heterocycles. The summed E-state index contributed by atoms with van der Waals surface area (Å²) in [6, 6.07) is 4.18. The largest absolute Gasteiger partial charge is 0.353 e. The fourth-order valence-corrected chi connectivity index (χ4v) is 3.84. The number of pyridine rings is 1. The molecule has 21 heavy (non-hydrogen) atoms. The summed E-state index contributed by atoms with van der Waals surface area (Å²) in [5.74, 6) is 1.12. The first-order valence-electron chi connectivity index (χ1n) is 8.35. The van der Waals surface area contributed by atoms with Gasteiger partial charge in [-0.1, -0.05) is 19.3 Å². The topological polar surface area (TPSA) is 28.2 Å². The van der Waals surface area contributed by atoms with Gasteiger partial charge in [-0.05, 0) is 44.2 Å². The summed E-state index contributed by atoms with van der Waals surface area (Å²) in [6.07, 6.45) is 9.63. The second-order valence-corrected chi connectivity index (χ2v) is 6.59. The van der Waals surface area contributed by atoms with Crippen LogP contribution >= 0.6 is 0 Å². The predicted octanol–water partition coefficient (Wildman–Crippen LogP) is 3.36. The van der Waals surface area contributed by atoms with E-state index in [-0.39, 0.29) is 5.82 Å². The Morgan fingerprint density at radius 3 is 2.86 bits per heavy atom. The van der Waals surface area contributed by atoms with Crippen molar-refractivity contribution in [2.45, 2.75) is 57.5 Å². The first-order chi connectivity index (χ1) is 10.2. The molecule has 0 amide bonds. The van der Waals surface area contributed by atoms with E-state index in [1.54, 1.807) is 12.3 Å². The number of hydrogen-bond donors (Lipinski definition) is 1. The van der Waals surface area contributed by atoms with Crippen LogP contribution in [0.5, 0.6) is 0 Å². The van der Waals surface area contributed by atoms with Crippen LogP contribution in [0.4, 0.5) is 10.2 Å². The number of hydrogen-bond acceptors (Lipinski definition) is 3. The van der Waals surface area contributed by atoms with Gasteiger partial charge in [0.2, 0.25) is 0 Å². The second-order valence-electron chi connectivity index (χ2n) is 6.59. The zero-order valence-corrected chi connectivity index (χ0v) is 12.9. The lowest BCUT2D eigenvalue weighted by Crippen LogP contribution is -2.43. The van der Waals surface area contributed by atoms with Gasteiger partial charge in [-0.2, -0.15) is 0 Å². The maximum atomic E-state index is 13.8. The molecule has 2 fully saturated rings. The highest BCUT2D eigenvalue weighted by Crippen LogP contribution is 2.27. The monoisotopic (exact) mass is 291 g/mol. The molecule has 0 radical (unpaired) electrons. The van der Waals surface area contributed by atoms with Crippen molar-refractivity contribution in [2.24, 2.45) is 5.92 Å². The summed E-state index contributed by atoms with van der Waals surface area (Å²) in [6.45, 7) is 4.08. The average molecular weight is 291 g/mol. The van der Waals surface area contributed by atoms with Gasteiger partial charge in [0.15, 0.2) is 11.6 Å². The van der Waals surface area contributed by atoms with Crippen molar-refractivity contribution in [3.05, 3.63) is 24.1 Å². The number of halogens is 1. The molecule has 3 nitrogen and oxygen atoms in total. The van der Waals surface area contributed by atoms with Crippen LogP contribution in [0.15, 0.2) is 18.3 Å². The Morgan fingerprint density at radius 1 is 1.29 bits per heavy atom. The van der Waals surface area contributed by atoms with Gasteiger partial charge in [0.25, 0.3) is 0 Å². The highest BCUT2D eigenvalue weighted by Gasteiger charge is 2.28. The molecular formula is C17H26FN3. The molecule has 4 heteroatoms. The van der Waals surface area contributed by atoms with Gasteiger partial charge in [0.05, 0.1) is 0 Å². The minimum absolute atomic E-state index is 0.210. The Hall–Kier alpha value is -1.16. The Labute approximate surface area is 126 Å². The smallest absolute Gasteiger partial charge is 0.165 e. The molecule has 0 bridgehead atoms. The van der Waals surface area contributed by atoms with Crippen molar-refractivity contribution in [2.75, 3.05) is 18.0 Å². The van der Waals surface area contributed by atoms with Crippen LogP contribution in [0.3, 0.4) is 0 Å². The summed E-state index contributed by atoms with van der Waals surface area (Å²) < 4.78 is 13.8. The van der Waals surface area contributed by atoms with Crippen LogP contribution in [-0.4, -0.2) is 30.2 Å². The summed E-state index contributed by atoms with van der Waals surface area (Å²) in [7, 11) is 0. The molecule has 3 rings (SSSR count). The van der Waals surface area contributed by atoms with Crippen molar-refractivity contribution in [1.29, 1.82) is 0 Å². The van der Waals surface area contributed by atoms with Crippen molar-refractivity contribution < 1.29 is 4.39 Å². The second kappa shape index (κ2) is 6.73. The molecule has 2 heterocycles. The molecule has 116 valence electrons. The molecule has 1 saturated heterocycles. The Bertz CT molecular complexity index is 459. The number of nitrogens with zero attached hydrogens (tertiary/aromatic N) is 2. The first kappa shape index (κ1) is 14.8. The zero-order valence-electron chi connectivity index (χ0n) is 12.9. The van der Waals surface area contributed by atoms with Crippen LogP contribution < -0.4 is 10.2 Å². The standard InChI is InChI=1S/C17H26FN3/c1-13(14-6-3-2-4-7-14)20-15-9-11-21(12-15)17-16(18)8-5-10-19-17/h5,8,10,13-15,20H,2-4,6-7,9,11-12H2,1H3/t13-,15+/m0/s1. The fourth-order valence-electron chi connectivity index (χ4n) is 3.84.